The molecule has 8 heteroatoms. The molecule has 1 unspecified atom stereocenters. The molecule has 0 aromatic carbocycles. The first-order chi connectivity index (χ1) is 9.41. The lowest BCUT2D eigenvalue weighted by Gasteiger charge is -2.23. The maximum absolute atomic E-state index is 11.9. The zero-order chi connectivity index (χ0) is 14.5. The smallest absolute Gasteiger partial charge is 0.329 e. The Morgan fingerprint density at radius 1 is 1.40 bits per heavy atom. The van der Waals surface area contributed by atoms with E-state index in [1.54, 1.807) is 13.8 Å². The van der Waals surface area contributed by atoms with Gasteiger partial charge in [-0.05, 0) is 13.8 Å². The zero-order valence-corrected chi connectivity index (χ0v) is 11.9. The summed E-state index contributed by atoms with van der Waals surface area (Å²) in [5, 5.41) is 8.97. The van der Waals surface area contributed by atoms with Crippen molar-refractivity contribution in [3.05, 3.63) is 33.1 Å². The van der Waals surface area contributed by atoms with Crippen molar-refractivity contribution in [2.75, 3.05) is 6.61 Å². The maximum atomic E-state index is 11.9. The van der Waals surface area contributed by atoms with Crippen molar-refractivity contribution >= 4 is 11.8 Å². The predicted octanol–water partition coefficient (Wildman–Crippen LogP) is -0.337. The van der Waals surface area contributed by atoms with Crippen molar-refractivity contribution in [3.8, 4) is 0 Å². The fourth-order valence-electron chi connectivity index (χ4n) is 2.66. The van der Waals surface area contributed by atoms with Gasteiger partial charge in [0.25, 0.3) is 5.56 Å². The summed E-state index contributed by atoms with van der Waals surface area (Å²) in [7, 11) is 0. The quantitative estimate of drug-likeness (QED) is 0.776. The molecule has 2 aliphatic heterocycles. The Hall–Kier alpha value is -1.09. The number of H-pyrrole nitrogens is 1. The number of aliphatic hydroxyl groups excluding tert-OH is 1. The number of aromatic amines is 1. The molecular weight excluding hydrogens is 284 g/mol. The second-order valence-electron chi connectivity index (χ2n) is 5.33. The highest BCUT2D eigenvalue weighted by Gasteiger charge is 2.55. The van der Waals surface area contributed by atoms with E-state index in [1.165, 1.54) is 28.6 Å². The molecule has 0 spiro atoms. The van der Waals surface area contributed by atoms with Gasteiger partial charge in [-0.15, -0.1) is 11.8 Å². The molecule has 1 aromatic rings. The molecule has 0 radical (unpaired) electrons. The van der Waals surface area contributed by atoms with Gasteiger partial charge in [0.1, 0.15) is 17.6 Å². The molecule has 0 amide bonds. The van der Waals surface area contributed by atoms with Crippen LogP contribution in [-0.4, -0.2) is 44.5 Å². The van der Waals surface area contributed by atoms with Gasteiger partial charge in [0.2, 0.25) is 0 Å². The topological polar surface area (TPSA) is 93.5 Å². The summed E-state index contributed by atoms with van der Waals surface area (Å²) in [4.78, 5) is 25.3. The predicted molar refractivity (Wildman–Crippen MR) is 72.6 cm³/mol. The fourth-order valence-corrected chi connectivity index (χ4v) is 4.13. The summed E-state index contributed by atoms with van der Waals surface area (Å²) in [5.74, 6) is -0.742. The number of fused-ring (bicyclic) bond motifs is 1. The first-order valence-corrected chi connectivity index (χ1v) is 7.29. The van der Waals surface area contributed by atoms with Crippen molar-refractivity contribution in [1.29, 1.82) is 0 Å². The number of aliphatic hydroxyl groups is 1. The van der Waals surface area contributed by atoms with Crippen molar-refractivity contribution in [2.24, 2.45) is 0 Å². The van der Waals surface area contributed by atoms with E-state index in [9.17, 15) is 14.7 Å². The van der Waals surface area contributed by atoms with Crippen LogP contribution in [0, 0.1) is 0 Å². The SMILES string of the molecule is CC1(C)OC2[C@@H](CO)S[C@@H](n3ccc(=O)[nH]c3=O)[C@H]2O1. The lowest BCUT2D eigenvalue weighted by atomic mass is 10.1. The van der Waals surface area contributed by atoms with Crippen LogP contribution in [0.1, 0.15) is 19.2 Å². The van der Waals surface area contributed by atoms with Gasteiger partial charge in [-0.25, -0.2) is 4.79 Å². The number of hydrogen-bond donors (Lipinski definition) is 2. The maximum Gasteiger partial charge on any atom is 0.329 e. The molecule has 0 aliphatic carbocycles. The Morgan fingerprint density at radius 2 is 2.10 bits per heavy atom. The van der Waals surface area contributed by atoms with Crippen LogP contribution in [0.4, 0.5) is 0 Å². The third-order valence-electron chi connectivity index (χ3n) is 3.43. The second-order valence-corrected chi connectivity index (χ2v) is 6.69. The van der Waals surface area contributed by atoms with Crippen LogP contribution in [-0.2, 0) is 9.47 Å². The third kappa shape index (κ3) is 2.22. The highest BCUT2D eigenvalue weighted by molar-refractivity contribution is 8.00. The Morgan fingerprint density at radius 3 is 2.75 bits per heavy atom. The summed E-state index contributed by atoms with van der Waals surface area (Å²) in [6.07, 6.45) is 0.837. The molecule has 2 saturated heterocycles. The van der Waals surface area contributed by atoms with Gasteiger partial charge in [0.05, 0.1) is 11.9 Å². The Labute approximate surface area is 118 Å². The van der Waals surface area contributed by atoms with E-state index in [4.69, 9.17) is 9.47 Å². The van der Waals surface area contributed by atoms with Crippen LogP contribution in [0.25, 0.3) is 0 Å². The molecule has 3 rings (SSSR count). The second kappa shape index (κ2) is 4.73. The van der Waals surface area contributed by atoms with E-state index >= 15 is 0 Å². The largest absolute Gasteiger partial charge is 0.395 e. The number of nitrogens with zero attached hydrogens (tertiary/aromatic N) is 1. The minimum atomic E-state index is -0.742. The normalized spacial score (nSPS) is 35.1. The van der Waals surface area contributed by atoms with E-state index < -0.39 is 17.0 Å². The number of hydrogen-bond acceptors (Lipinski definition) is 6. The molecule has 1 aromatic heterocycles. The molecular formula is C12H16N2O5S. The van der Waals surface area contributed by atoms with E-state index in [-0.39, 0.29) is 29.4 Å². The first-order valence-electron chi connectivity index (χ1n) is 6.35. The Kier molecular flexibility index (Phi) is 3.28. The average Bonchev–Trinajstić information content (AvgIpc) is 2.83. The number of rotatable bonds is 2. The molecule has 4 atom stereocenters. The molecule has 7 nitrogen and oxygen atoms in total. The minimum Gasteiger partial charge on any atom is -0.395 e. The van der Waals surface area contributed by atoms with E-state index in [0.29, 0.717) is 0 Å². The van der Waals surface area contributed by atoms with Crippen molar-refractivity contribution < 1.29 is 14.6 Å². The number of thioether (sulfide) groups is 1. The van der Waals surface area contributed by atoms with Gasteiger partial charge in [0.15, 0.2) is 5.79 Å². The summed E-state index contributed by atoms with van der Waals surface area (Å²) < 4.78 is 13.1. The molecule has 2 fully saturated rings. The van der Waals surface area contributed by atoms with Gasteiger partial charge >= 0.3 is 5.69 Å². The van der Waals surface area contributed by atoms with Crippen LogP contribution >= 0.6 is 11.8 Å². The summed E-state index contributed by atoms with van der Waals surface area (Å²) in [6.45, 7) is 3.55. The van der Waals surface area contributed by atoms with E-state index in [2.05, 4.69) is 4.98 Å². The van der Waals surface area contributed by atoms with Crippen molar-refractivity contribution in [3.63, 3.8) is 0 Å². The van der Waals surface area contributed by atoms with Gasteiger partial charge in [0, 0.05) is 12.3 Å². The van der Waals surface area contributed by atoms with Crippen LogP contribution in [0.15, 0.2) is 21.9 Å². The lowest BCUT2D eigenvalue weighted by Crippen LogP contribution is -2.36. The monoisotopic (exact) mass is 300 g/mol. The summed E-state index contributed by atoms with van der Waals surface area (Å²) in [6, 6.07) is 1.30. The summed E-state index contributed by atoms with van der Waals surface area (Å²) in [5.41, 5.74) is -0.922. The van der Waals surface area contributed by atoms with E-state index in [0.717, 1.165) is 0 Å². The standard InChI is InChI=1S/C12H16N2O5S/c1-12(2)18-8-6(5-15)20-10(9(8)19-12)14-4-3-7(16)13-11(14)17/h3-4,6,8-10,15H,5H2,1-2H3,(H,13,16,17)/t6-,8?,9+,10-/m1/s1. The van der Waals surface area contributed by atoms with Gasteiger partial charge in [-0.1, -0.05) is 0 Å². The van der Waals surface area contributed by atoms with Gasteiger partial charge in [-0.2, -0.15) is 0 Å². The molecule has 2 N–H and O–H groups in total. The third-order valence-corrected chi connectivity index (χ3v) is 4.97. The average molecular weight is 300 g/mol. The highest BCUT2D eigenvalue weighted by Crippen LogP contribution is 2.50. The van der Waals surface area contributed by atoms with Crippen molar-refractivity contribution in [1.82, 2.24) is 9.55 Å². The molecule has 2 aliphatic rings. The van der Waals surface area contributed by atoms with Gasteiger partial charge < -0.3 is 14.6 Å². The van der Waals surface area contributed by atoms with Crippen LogP contribution in [0.5, 0.6) is 0 Å². The zero-order valence-electron chi connectivity index (χ0n) is 11.1. The van der Waals surface area contributed by atoms with Crippen LogP contribution < -0.4 is 11.2 Å². The van der Waals surface area contributed by atoms with Crippen LogP contribution in [0.2, 0.25) is 0 Å². The molecule has 0 saturated carbocycles. The van der Waals surface area contributed by atoms with E-state index in [1.807, 2.05) is 0 Å². The fraction of sp³-hybridized carbons (Fsp3) is 0.667. The van der Waals surface area contributed by atoms with Gasteiger partial charge in [-0.3, -0.25) is 14.3 Å². The number of aromatic nitrogens is 2. The van der Waals surface area contributed by atoms with Crippen LogP contribution in [0.3, 0.4) is 0 Å². The first kappa shape index (κ1) is 13.9. The lowest BCUT2D eigenvalue weighted by molar-refractivity contribution is -0.149. The molecule has 110 valence electrons. The highest BCUT2D eigenvalue weighted by atomic mass is 32.2. The minimum absolute atomic E-state index is 0.0557. The molecule has 0 bridgehead atoms. The Balaban J connectivity index is 1.98. The molecule has 20 heavy (non-hydrogen) atoms. The number of nitrogens with one attached hydrogen (secondary N) is 1. The molecule has 3 heterocycles. The summed E-state index contributed by atoms with van der Waals surface area (Å²) >= 11 is 1.42. The van der Waals surface area contributed by atoms with Crippen molar-refractivity contribution in [2.45, 2.75) is 42.5 Å². The number of ether oxygens (including phenoxy) is 2. The Bertz CT molecular complexity index is 625.